The van der Waals surface area contributed by atoms with Crippen molar-refractivity contribution in [3.8, 4) is 5.75 Å². The molecule has 1 saturated heterocycles. The van der Waals surface area contributed by atoms with Crippen molar-refractivity contribution in [2.45, 2.75) is 52.1 Å². The molecule has 1 N–H and O–H groups in total. The number of aromatic nitrogens is 1. The number of benzene rings is 1. The number of fused-ring (bicyclic) bond motifs is 1. The van der Waals surface area contributed by atoms with E-state index in [1.54, 1.807) is 24.1 Å². The third-order valence-corrected chi connectivity index (χ3v) is 6.00. The summed E-state index contributed by atoms with van der Waals surface area (Å²) in [5.41, 5.74) is 3.75. The Balaban J connectivity index is 1.34. The monoisotopic (exact) mass is 407 g/mol. The first-order valence-electron chi connectivity index (χ1n) is 10.8. The molecule has 2 amide bonds. The Bertz CT molecular complexity index is 926. The van der Waals surface area contributed by atoms with E-state index in [9.17, 15) is 9.59 Å². The Morgan fingerprint density at radius 2 is 2.00 bits per heavy atom. The van der Waals surface area contributed by atoms with Gasteiger partial charge in [-0.2, -0.15) is 0 Å². The molecule has 0 saturated carbocycles. The number of hydrogen-bond acceptors (Lipinski definition) is 4. The lowest BCUT2D eigenvalue weighted by Gasteiger charge is -2.33. The second-order valence-electron chi connectivity index (χ2n) is 8.38. The quantitative estimate of drug-likeness (QED) is 0.823. The molecule has 1 aliphatic heterocycles. The molecule has 158 valence electrons. The number of piperidine rings is 1. The second-order valence-corrected chi connectivity index (χ2v) is 8.38. The molecule has 1 fully saturated rings. The summed E-state index contributed by atoms with van der Waals surface area (Å²) in [7, 11) is 0. The van der Waals surface area contributed by atoms with E-state index in [2.05, 4.69) is 22.4 Å². The molecule has 0 spiro atoms. The number of nitrogens with zero attached hydrogens (tertiary/aromatic N) is 2. The number of pyridine rings is 1. The number of nitrogens with one attached hydrogen (secondary N) is 1. The fourth-order valence-corrected chi connectivity index (χ4v) is 4.29. The molecule has 30 heavy (non-hydrogen) atoms. The Morgan fingerprint density at radius 3 is 2.80 bits per heavy atom. The molecular formula is C24H29N3O3. The van der Waals surface area contributed by atoms with E-state index in [1.807, 2.05) is 19.1 Å². The van der Waals surface area contributed by atoms with Crippen molar-refractivity contribution in [1.82, 2.24) is 9.88 Å². The number of likely N-dealkylation sites (tertiary alicyclic amines) is 1. The molecule has 2 heterocycles. The summed E-state index contributed by atoms with van der Waals surface area (Å²) >= 11 is 0. The van der Waals surface area contributed by atoms with E-state index >= 15 is 0 Å². The molecule has 2 aliphatic rings. The summed E-state index contributed by atoms with van der Waals surface area (Å²) in [6.45, 7) is 4.81. The van der Waals surface area contributed by atoms with Crippen LogP contribution in [0, 0.1) is 12.8 Å². The number of carbonyl (C=O) groups excluding carboxylic acids is 2. The Labute approximate surface area is 177 Å². The fourth-order valence-electron chi connectivity index (χ4n) is 4.29. The number of anilines is 1. The van der Waals surface area contributed by atoms with Gasteiger partial charge in [-0.1, -0.05) is 12.1 Å². The van der Waals surface area contributed by atoms with E-state index in [0.29, 0.717) is 18.9 Å². The van der Waals surface area contributed by atoms with Crippen molar-refractivity contribution >= 4 is 17.6 Å². The number of hydrogen-bond donors (Lipinski definition) is 1. The number of rotatable bonds is 5. The van der Waals surface area contributed by atoms with E-state index in [1.165, 1.54) is 17.5 Å². The molecule has 6 nitrogen and oxygen atoms in total. The molecule has 0 bridgehead atoms. The summed E-state index contributed by atoms with van der Waals surface area (Å²) in [5, 5.41) is 2.87. The molecule has 4 rings (SSSR count). The van der Waals surface area contributed by atoms with Crippen molar-refractivity contribution < 1.29 is 14.3 Å². The van der Waals surface area contributed by atoms with Gasteiger partial charge in [0.1, 0.15) is 11.6 Å². The molecule has 1 aliphatic carbocycles. The van der Waals surface area contributed by atoms with Gasteiger partial charge in [0, 0.05) is 19.3 Å². The van der Waals surface area contributed by atoms with E-state index in [-0.39, 0.29) is 17.7 Å². The maximum atomic E-state index is 13.0. The number of ether oxygens (including phenoxy) is 1. The van der Waals surface area contributed by atoms with Crippen LogP contribution in [0.15, 0.2) is 36.5 Å². The van der Waals surface area contributed by atoms with Gasteiger partial charge in [-0.25, -0.2) is 4.98 Å². The van der Waals surface area contributed by atoms with Gasteiger partial charge in [-0.3, -0.25) is 9.59 Å². The van der Waals surface area contributed by atoms with Gasteiger partial charge in [0.2, 0.25) is 5.91 Å². The van der Waals surface area contributed by atoms with Crippen LogP contribution in [-0.4, -0.2) is 40.9 Å². The SMILES string of the molecule is Cc1ccc(NC(=O)[C@H]2CCCN(C(=O)[C@H](C)Oc3ccc4c(c3)CCC4)C2)nc1. The summed E-state index contributed by atoms with van der Waals surface area (Å²) in [6, 6.07) is 9.83. The van der Waals surface area contributed by atoms with Crippen LogP contribution in [0.25, 0.3) is 0 Å². The van der Waals surface area contributed by atoms with Crippen LogP contribution >= 0.6 is 0 Å². The largest absolute Gasteiger partial charge is 0.481 e. The number of amides is 2. The average Bonchev–Trinajstić information content (AvgIpc) is 3.22. The van der Waals surface area contributed by atoms with E-state index in [4.69, 9.17) is 4.74 Å². The van der Waals surface area contributed by atoms with Crippen LogP contribution in [0.3, 0.4) is 0 Å². The van der Waals surface area contributed by atoms with Gasteiger partial charge >= 0.3 is 0 Å². The Kier molecular flexibility index (Phi) is 6.02. The van der Waals surface area contributed by atoms with E-state index < -0.39 is 6.10 Å². The first-order valence-corrected chi connectivity index (χ1v) is 10.8. The van der Waals surface area contributed by atoms with Gasteiger partial charge < -0.3 is 15.0 Å². The molecule has 1 aromatic heterocycles. The lowest BCUT2D eigenvalue weighted by Crippen LogP contribution is -2.48. The highest BCUT2D eigenvalue weighted by atomic mass is 16.5. The zero-order valence-electron chi connectivity index (χ0n) is 17.7. The molecule has 0 radical (unpaired) electrons. The van der Waals surface area contributed by atoms with Crippen LogP contribution in [0.5, 0.6) is 5.75 Å². The standard InChI is InChI=1S/C24H29N3O3/c1-16-8-11-22(25-14-16)26-23(28)20-7-4-12-27(15-20)24(29)17(2)30-21-10-9-18-5-3-6-19(18)13-21/h8-11,13-14,17,20H,3-7,12,15H2,1-2H3,(H,25,26,28)/t17-,20-/m0/s1. The van der Waals surface area contributed by atoms with Gasteiger partial charge in [0.25, 0.3) is 5.91 Å². The highest BCUT2D eigenvalue weighted by molar-refractivity contribution is 5.92. The van der Waals surface area contributed by atoms with Crippen LogP contribution in [0.1, 0.15) is 42.9 Å². The highest BCUT2D eigenvalue weighted by Crippen LogP contribution is 2.27. The van der Waals surface area contributed by atoms with Crippen molar-refractivity contribution in [2.24, 2.45) is 5.92 Å². The van der Waals surface area contributed by atoms with Crippen molar-refractivity contribution in [1.29, 1.82) is 0 Å². The molecule has 1 aromatic carbocycles. The first kappa shape index (κ1) is 20.4. The van der Waals surface area contributed by atoms with Crippen LogP contribution < -0.4 is 10.1 Å². The van der Waals surface area contributed by atoms with Gasteiger partial charge in [-0.15, -0.1) is 0 Å². The van der Waals surface area contributed by atoms with Crippen molar-refractivity contribution in [2.75, 3.05) is 18.4 Å². The van der Waals surface area contributed by atoms with E-state index in [0.717, 1.165) is 37.0 Å². The second kappa shape index (κ2) is 8.86. The molecule has 6 heteroatoms. The van der Waals surface area contributed by atoms with Crippen LogP contribution in [0.4, 0.5) is 5.82 Å². The minimum Gasteiger partial charge on any atom is -0.481 e. The fraction of sp³-hybridized carbons (Fsp3) is 0.458. The normalized spacial score (nSPS) is 19.1. The van der Waals surface area contributed by atoms with Gasteiger partial charge in [0.15, 0.2) is 6.10 Å². The summed E-state index contributed by atoms with van der Waals surface area (Å²) in [5.74, 6) is 0.895. The van der Waals surface area contributed by atoms with Gasteiger partial charge in [0.05, 0.1) is 5.92 Å². The maximum absolute atomic E-state index is 13.0. The third-order valence-electron chi connectivity index (χ3n) is 6.00. The Hall–Kier alpha value is -2.89. The van der Waals surface area contributed by atoms with Gasteiger partial charge in [-0.05, 0) is 80.8 Å². The predicted molar refractivity (Wildman–Crippen MR) is 115 cm³/mol. The molecule has 2 atom stereocenters. The smallest absolute Gasteiger partial charge is 0.263 e. The number of aryl methyl sites for hydroxylation is 3. The lowest BCUT2D eigenvalue weighted by molar-refractivity contribution is -0.140. The minimum atomic E-state index is -0.579. The third kappa shape index (κ3) is 4.64. The minimum absolute atomic E-state index is 0.0681. The Morgan fingerprint density at radius 1 is 1.17 bits per heavy atom. The van der Waals surface area contributed by atoms with Crippen LogP contribution in [0.2, 0.25) is 0 Å². The zero-order valence-corrected chi connectivity index (χ0v) is 17.7. The summed E-state index contributed by atoms with van der Waals surface area (Å²) < 4.78 is 5.96. The molecular weight excluding hydrogens is 378 g/mol. The summed E-state index contributed by atoms with van der Waals surface area (Å²) in [4.78, 5) is 31.6. The van der Waals surface area contributed by atoms with Crippen LogP contribution in [-0.2, 0) is 22.4 Å². The maximum Gasteiger partial charge on any atom is 0.263 e. The molecule has 0 unspecified atom stereocenters. The van der Waals surface area contributed by atoms with Crippen molar-refractivity contribution in [3.05, 3.63) is 53.2 Å². The predicted octanol–water partition coefficient (Wildman–Crippen LogP) is 3.52. The topological polar surface area (TPSA) is 71.5 Å². The first-order chi connectivity index (χ1) is 14.5. The van der Waals surface area contributed by atoms with Crippen molar-refractivity contribution in [3.63, 3.8) is 0 Å². The molecule has 2 aromatic rings. The highest BCUT2D eigenvalue weighted by Gasteiger charge is 2.31. The average molecular weight is 408 g/mol. The zero-order chi connectivity index (χ0) is 21.1. The summed E-state index contributed by atoms with van der Waals surface area (Å²) in [6.07, 6.45) is 6.10. The lowest BCUT2D eigenvalue weighted by atomic mass is 9.96. The number of carbonyl (C=O) groups is 2.